The van der Waals surface area contributed by atoms with Crippen LogP contribution in [0.4, 0.5) is 0 Å². The number of nitrogens with zero attached hydrogens (tertiary/aromatic N) is 2. The molecule has 2 aliphatic rings. The highest BCUT2D eigenvalue weighted by Gasteiger charge is 2.43. The van der Waals surface area contributed by atoms with E-state index in [1.807, 2.05) is 30.5 Å². The van der Waals surface area contributed by atoms with Crippen molar-refractivity contribution < 1.29 is 9.84 Å². The first-order valence-electron chi connectivity index (χ1n) is 9.76. The molecule has 1 aromatic carbocycles. The first-order valence-corrected chi connectivity index (χ1v) is 9.76. The molecule has 0 aliphatic carbocycles. The Balaban J connectivity index is 1.35. The van der Waals surface area contributed by atoms with Crippen LogP contribution in [-0.4, -0.2) is 46.3 Å². The number of rotatable bonds is 4. The molecule has 0 radical (unpaired) electrons. The van der Waals surface area contributed by atoms with Crippen LogP contribution < -0.4 is 0 Å². The predicted molar refractivity (Wildman–Crippen MR) is 102 cm³/mol. The van der Waals surface area contributed by atoms with Crippen LogP contribution >= 0.6 is 0 Å². The average Bonchev–Trinajstić information content (AvgIpc) is 2.69. The Morgan fingerprint density at radius 1 is 1.08 bits per heavy atom. The maximum Gasteiger partial charge on any atom is 0.0857 e. The number of benzene rings is 1. The molecule has 1 spiro atoms. The van der Waals surface area contributed by atoms with Gasteiger partial charge in [-0.3, -0.25) is 4.98 Å². The van der Waals surface area contributed by atoms with E-state index in [0.717, 1.165) is 51.0 Å². The summed E-state index contributed by atoms with van der Waals surface area (Å²) in [5.74, 6) is 0. The van der Waals surface area contributed by atoms with E-state index in [4.69, 9.17) is 4.74 Å². The summed E-state index contributed by atoms with van der Waals surface area (Å²) in [5.41, 5.74) is 2.17. The summed E-state index contributed by atoms with van der Waals surface area (Å²) in [7, 11) is 0. The van der Waals surface area contributed by atoms with Gasteiger partial charge in [0, 0.05) is 50.8 Å². The van der Waals surface area contributed by atoms with E-state index in [-0.39, 0.29) is 17.8 Å². The van der Waals surface area contributed by atoms with Gasteiger partial charge in [0.1, 0.15) is 0 Å². The molecule has 26 heavy (non-hydrogen) atoms. The molecule has 0 bridgehead atoms. The van der Waals surface area contributed by atoms with E-state index in [1.165, 1.54) is 5.56 Å². The fourth-order valence-corrected chi connectivity index (χ4v) is 4.35. The van der Waals surface area contributed by atoms with E-state index in [0.29, 0.717) is 6.42 Å². The zero-order chi connectivity index (χ0) is 17.8. The zero-order valence-electron chi connectivity index (χ0n) is 15.3. The molecule has 2 aromatic rings. The first-order chi connectivity index (χ1) is 12.7. The molecule has 1 N–H and O–H groups in total. The third-order valence-electron chi connectivity index (χ3n) is 5.84. The van der Waals surface area contributed by atoms with Crippen molar-refractivity contribution in [2.75, 3.05) is 19.6 Å². The van der Waals surface area contributed by atoms with Gasteiger partial charge in [0.2, 0.25) is 0 Å². The summed E-state index contributed by atoms with van der Waals surface area (Å²) in [5, 5.41) is 10.5. The van der Waals surface area contributed by atoms with Gasteiger partial charge >= 0.3 is 0 Å². The van der Waals surface area contributed by atoms with Crippen LogP contribution in [-0.2, 0) is 11.2 Å². The summed E-state index contributed by atoms with van der Waals surface area (Å²) in [6, 6.07) is 16.4. The van der Waals surface area contributed by atoms with Gasteiger partial charge in [0.25, 0.3) is 0 Å². The second-order valence-corrected chi connectivity index (χ2v) is 7.71. The van der Waals surface area contributed by atoms with Crippen LogP contribution in [0, 0.1) is 0 Å². The van der Waals surface area contributed by atoms with E-state index in [2.05, 4.69) is 34.1 Å². The van der Waals surface area contributed by atoms with E-state index in [1.54, 1.807) is 0 Å². The minimum Gasteiger partial charge on any atom is -0.393 e. The molecule has 2 aliphatic heterocycles. The lowest BCUT2D eigenvalue weighted by Gasteiger charge is -2.48. The summed E-state index contributed by atoms with van der Waals surface area (Å²) in [6.45, 7) is 3.10. The molecule has 3 heterocycles. The lowest BCUT2D eigenvalue weighted by atomic mass is 9.81. The Labute approximate surface area is 155 Å². The highest BCUT2D eigenvalue weighted by molar-refractivity contribution is 5.19. The molecule has 0 amide bonds. The van der Waals surface area contributed by atoms with Gasteiger partial charge in [0.15, 0.2) is 0 Å². The SMILES string of the molecule is O[C@H]1C[C@H](c2ccccc2)OC2(CCN(CCc3ccccn3)CC2)C1. The lowest BCUT2D eigenvalue weighted by molar-refractivity contribution is -0.184. The number of pyridine rings is 1. The Kier molecular flexibility index (Phi) is 5.34. The van der Waals surface area contributed by atoms with Crippen LogP contribution in [0.3, 0.4) is 0 Å². The molecule has 4 nitrogen and oxygen atoms in total. The third-order valence-corrected chi connectivity index (χ3v) is 5.84. The van der Waals surface area contributed by atoms with Crippen molar-refractivity contribution in [1.82, 2.24) is 9.88 Å². The second kappa shape index (κ2) is 7.87. The number of ether oxygens (including phenoxy) is 1. The third kappa shape index (κ3) is 4.14. The molecule has 0 saturated carbocycles. The van der Waals surface area contributed by atoms with Crippen LogP contribution in [0.5, 0.6) is 0 Å². The van der Waals surface area contributed by atoms with Gasteiger partial charge in [-0.1, -0.05) is 36.4 Å². The van der Waals surface area contributed by atoms with Gasteiger partial charge in [-0.05, 0) is 30.5 Å². The molecule has 1 aromatic heterocycles. The van der Waals surface area contributed by atoms with Crippen molar-refractivity contribution in [2.24, 2.45) is 0 Å². The van der Waals surface area contributed by atoms with Crippen molar-refractivity contribution in [3.8, 4) is 0 Å². The topological polar surface area (TPSA) is 45.6 Å². The van der Waals surface area contributed by atoms with E-state index < -0.39 is 0 Å². The quantitative estimate of drug-likeness (QED) is 0.916. The van der Waals surface area contributed by atoms with Crippen molar-refractivity contribution in [3.05, 3.63) is 66.0 Å². The van der Waals surface area contributed by atoms with E-state index in [9.17, 15) is 5.11 Å². The average molecular weight is 352 g/mol. The first kappa shape index (κ1) is 17.7. The fraction of sp³-hybridized carbons (Fsp3) is 0.500. The van der Waals surface area contributed by atoms with Gasteiger partial charge in [0.05, 0.1) is 17.8 Å². The Morgan fingerprint density at radius 3 is 2.58 bits per heavy atom. The summed E-state index contributed by atoms with van der Waals surface area (Å²) in [6.07, 6.45) is 6.06. The van der Waals surface area contributed by atoms with Gasteiger partial charge in [-0.25, -0.2) is 0 Å². The molecule has 2 saturated heterocycles. The molecule has 138 valence electrons. The molecular weight excluding hydrogens is 324 g/mol. The number of aliphatic hydroxyl groups excluding tert-OH is 1. The van der Waals surface area contributed by atoms with Crippen LogP contribution in [0.25, 0.3) is 0 Å². The normalized spacial score (nSPS) is 26.0. The maximum absolute atomic E-state index is 10.5. The van der Waals surface area contributed by atoms with Crippen LogP contribution in [0.1, 0.15) is 43.0 Å². The highest BCUT2D eigenvalue weighted by Crippen LogP contribution is 2.42. The van der Waals surface area contributed by atoms with Crippen LogP contribution in [0.15, 0.2) is 54.7 Å². The molecule has 4 rings (SSSR count). The smallest absolute Gasteiger partial charge is 0.0857 e. The number of likely N-dealkylation sites (tertiary alicyclic amines) is 1. The van der Waals surface area contributed by atoms with Crippen molar-refractivity contribution in [2.45, 2.75) is 49.9 Å². The molecule has 0 unspecified atom stereocenters. The number of aliphatic hydroxyl groups is 1. The molecular formula is C22H28N2O2. The summed E-state index contributed by atoms with van der Waals surface area (Å²) < 4.78 is 6.58. The molecule has 2 atom stereocenters. The molecule has 4 heteroatoms. The standard InChI is InChI=1S/C22H28N2O2/c25-20-16-21(18-6-2-1-3-7-18)26-22(17-20)10-14-24(15-11-22)13-9-19-8-4-5-12-23-19/h1-8,12,20-21,25H,9-11,13-17H2/t20-,21+/m0/s1. The van der Waals surface area contributed by atoms with Crippen LogP contribution in [0.2, 0.25) is 0 Å². The highest BCUT2D eigenvalue weighted by atomic mass is 16.5. The Bertz CT molecular complexity index is 684. The maximum atomic E-state index is 10.5. The zero-order valence-corrected chi connectivity index (χ0v) is 15.3. The Hall–Kier alpha value is -1.75. The summed E-state index contributed by atoms with van der Waals surface area (Å²) >= 11 is 0. The minimum atomic E-state index is -0.269. The van der Waals surface area contributed by atoms with Crippen molar-refractivity contribution in [1.29, 1.82) is 0 Å². The number of piperidine rings is 1. The largest absolute Gasteiger partial charge is 0.393 e. The number of hydrogen-bond donors (Lipinski definition) is 1. The number of aromatic nitrogens is 1. The van der Waals surface area contributed by atoms with Gasteiger partial charge in [-0.15, -0.1) is 0 Å². The number of hydrogen-bond acceptors (Lipinski definition) is 4. The van der Waals surface area contributed by atoms with Gasteiger partial charge < -0.3 is 14.7 Å². The summed E-state index contributed by atoms with van der Waals surface area (Å²) in [4.78, 5) is 6.92. The fourth-order valence-electron chi connectivity index (χ4n) is 4.35. The van der Waals surface area contributed by atoms with E-state index >= 15 is 0 Å². The monoisotopic (exact) mass is 352 g/mol. The second-order valence-electron chi connectivity index (χ2n) is 7.71. The minimum absolute atomic E-state index is 0.0139. The predicted octanol–water partition coefficient (Wildman–Crippen LogP) is 3.37. The lowest BCUT2D eigenvalue weighted by Crippen LogP contribution is -2.51. The van der Waals surface area contributed by atoms with Crippen molar-refractivity contribution in [3.63, 3.8) is 0 Å². The van der Waals surface area contributed by atoms with Crippen molar-refractivity contribution >= 4 is 0 Å². The van der Waals surface area contributed by atoms with Gasteiger partial charge in [-0.2, -0.15) is 0 Å². The Morgan fingerprint density at radius 2 is 1.85 bits per heavy atom. The molecule has 2 fully saturated rings.